The lowest BCUT2D eigenvalue weighted by molar-refractivity contribution is 1.77. The second-order valence-corrected chi connectivity index (χ2v) is 4.64. The molecule has 22 heavy (non-hydrogen) atoms. The molecule has 0 aliphatic heterocycles. The van der Waals surface area contributed by atoms with Gasteiger partial charge >= 0.3 is 0 Å². The van der Waals surface area contributed by atoms with Crippen molar-refractivity contribution in [3.8, 4) is 25.7 Å². The van der Waals surface area contributed by atoms with Gasteiger partial charge in [-0.15, -0.1) is 25.7 Å². The average molecular weight is 280 g/mol. The topological polar surface area (TPSA) is 0 Å². The molecule has 0 unspecified atom stereocenters. The lowest BCUT2D eigenvalue weighted by atomic mass is 9.95. The molecule has 0 amide bonds. The zero-order valence-corrected chi connectivity index (χ0v) is 12.2. The molecule has 0 heteroatoms. The minimum atomic E-state index is 1.34. The first kappa shape index (κ1) is 15.2. The second kappa shape index (κ2) is 6.98. The van der Waals surface area contributed by atoms with Crippen LogP contribution in [0.15, 0.2) is 72.8 Å². The Morgan fingerprint density at radius 2 is 0.455 bits per heavy atom. The summed E-state index contributed by atoms with van der Waals surface area (Å²) in [5, 5.41) is 8.04. The van der Waals surface area contributed by atoms with E-state index in [-0.39, 0.29) is 0 Å². The minimum Gasteiger partial charge on any atom is -0.124 e. The van der Waals surface area contributed by atoms with Gasteiger partial charge in [0, 0.05) is 0 Å². The van der Waals surface area contributed by atoms with Crippen LogP contribution < -0.4 is 0 Å². The Labute approximate surface area is 131 Å². The number of fused-ring (bicyclic) bond motifs is 6. The van der Waals surface area contributed by atoms with Gasteiger partial charge in [0.15, 0.2) is 0 Å². The van der Waals surface area contributed by atoms with E-state index in [1.54, 1.807) is 0 Å². The van der Waals surface area contributed by atoms with Gasteiger partial charge < -0.3 is 0 Å². The number of benzene rings is 4. The molecular weight excluding hydrogens is 264 g/mol. The molecule has 0 aliphatic rings. The van der Waals surface area contributed by atoms with Crippen molar-refractivity contribution in [2.45, 2.75) is 0 Å². The van der Waals surface area contributed by atoms with Gasteiger partial charge in [-0.3, -0.25) is 0 Å². The van der Waals surface area contributed by atoms with Crippen LogP contribution in [-0.4, -0.2) is 0 Å². The SMILES string of the molecule is C#C.C#C.c1ccc2c(c1)c1ccccc1c1ccccc21. The largest absolute Gasteiger partial charge is 0.124 e. The predicted molar refractivity (Wildman–Crippen MR) is 98.7 cm³/mol. The molecule has 0 aliphatic carbocycles. The van der Waals surface area contributed by atoms with Gasteiger partial charge in [-0.25, -0.2) is 0 Å². The molecule has 0 nitrogen and oxygen atoms in total. The zero-order chi connectivity index (χ0) is 15.9. The van der Waals surface area contributed by atoms with Crippen molar-refractivity contribution in [1.29, 1.82) is 0 Å². The Hall–Kier alpha value is -3.22. The Balaban J connectivity index is 0.000000410. The van der Waals surface area contributed by atoms with E-state index in [0.717, 1.165) is 0 Å². The van der Waals surface area contributed by atoms with Crippen LogP contribution in [0.1, 0.15) is 0 Å². The molecule has 104 valence electrons. The zero-order valence-electron chi connectivity index (χ0n) is 12.2. The Morgan fingerprint density at radius 3 is 0.591 bits per heavy atom. The fraction of sp³-hybridized carbons (Fsp3) is 0. The summed E-state index contributed by atoms with van der Waals surface area (Å²) in [6, 6.07) is 26.0. The van der Waals surface area contributed by atoms with Crippen LogP contribution in [0.4, 0.5) is 0 Å². The maximum Gasteiger partial charge on any atom is -0.00990 e. The van der Waals surface area contributed by atoms with Crippen LogP contribution in [0.25, 0.3) is 32.3 Å². The third-order valence-corrected chi connectivity index (χ3v) is 3.65. The summed E-state index contributed by atoms with van der Waals surface area (Å²) in [6.45, 7) is 0. The van der Waals surface area contributed by atoms with E-state index in [1.165, 1.54) is 32.3 Å². The van der Waals surface area contributed by atoms with E-state index in [4.69, 9.17) is 0 Å². The van der Waals surface area contributed by atoms with E-state index in [0.29, 0.717) is 0 Å². The van der Waals surface area contributed by atoms with Gasteiger partial charge in [0.1, 0.15) is 0 Å². The van der Waals surface area contributed by atoms with Crippen LogP contribution in [0.5, 0.6) is 0 Å². The van der Waals surface area contributed by atoms with Crippen molar-refractivity contribution in [1.82, 2.24) is 0 Å². The molecule has 4 aromatic rings. The summed E-state index contributed by atoms with van der Waals surface area (Å²) in [4.78, 5) is 0. The molecule has 4 rings (SSSR count). The maximum absolute atomic E-state index is 4.00. The van der Waals surface area contributed by atoms with Crippen molar-refractivity contribution < 1.29 is 0 Å². The summed E-state index contributed by atoms with van der Waals surface area (Å²) < 4.78 is 0. The smallest absolute Gasteiger partial charge is 0.00990 e. The van der Waals surface area contributed by atoms with Crippen molar-refractivity contribution >= 4 is 32.3 Å². The number of rotatable bonds is 0. The van der Waals surface area contributed by atoms with Crippen LogP contribution in [0.2, 0.25) is 0 Å². The van der Waals surface area contributed by atoms with Crippen molar-refractivity contribution in [3.63, 3.8) is 0 Å². The Bertz CT molecular complexity index is 729. The highest BCUT2D eigenvalue weighted by Gasteiger charge is 2.06. The molecule has 0 aromatic heterocycles. The van der Waals surface area contributed by atoms with Gasteiger partial charge in [0.25, 0.3) is 0 Å². The fourth-order valence-corrected chi connectivity index (χ4v) is 2.86. The summed E-state index contributed by atoms with van der Waals surface area (Å²) in [6.07, 6.45) is 16.0. The number of hydrogen-bond donors (Lipinski definition) is 0. The van der Waals surface area contributed by atoms with E-state index in [2.05, 4.69) is 98.5 Å². The summed E-state index contributed by atoms with van der Waals surface area (Å²) in [7, 11) is 0. The predicted octanol–water partition coefficient (Wildman–Crippen LogP) is 5.65. The van der Waals surface area contributed by atoms with Gasteiger partial charge in [-0.05, 0) is 32.3 Å². The molecule has 0 saturated heterocycles. The third-order valence-electron chi connectivity index (χ3n) is 3.65. The van der Waals surface area contributed by atoms with E-state index >= 15 is 0 Å². The fourth-order valence-electron chi connectivity index (χ4n) is 2.86. The van der Waals surface area contributed by atoms with Crippen molar-refractivity contribution in [2.24, 2.45) is 0 Å². The standard InChI is InChI=1S/C18H12.2C2H2/c1-2-8-14-13(7-1)15-9-3-4-11-17(15)18-12-6-5-10-16(14)18;2*1-2/h1-12H;2*1-2H. The molecule has 0 atom stereocenters. The molecule has 0 heterocycles. The van der Waals surface area contributed by atoms with E-state index < -0.39 is 0 Å². The van der Waals surface area contributed by atoms with Gasteiger partial charge in [-0.1, -0.05) is 72.8 Å². The van der Waals surface area contributed by atoms with Crippen molar-refractivity contribution in [3.05, 3.63) is 72.8 Å². The highest BCUT2D eigenvalue weighted by molar-refractivity contribution is 6.25. The third kappa shape index (κ3) is 2.39. The molecular formula is C22H16. The summed E-state index contributed by atoms with van der Waals surface area (Å²) in [5.74, 6) is 0. The van der Waals surface area contributed by atoms with Crippen LogP contribution >= 0.6 is 0 Å². The minimum absolute atomic E-state index is 1.34. The normalized spacial score (nSPS) is 9.45. The molecule has 0 N–H and O–H groups in total. The maximum atomic E-state index is 4.00. The Kier molecular flexibility index (Phi) is 4.81. The summed E-state index contributed by atoms with van der Waals surface area (Å²) in [5.41, 5.74) is 0. The molecule has 4 aromatic carbocycles. The van der Waals surface area contributed by atoms with Crippen LogP contribution in [-0.2, 0) is 0 Å². The number of hydrogen-bond acceptors (Lipinski definition) is 0. The first-order valence-corrected chi connectivity index (χ1v) is 6.90. The highest BCUT2D eigenvalue weighted by atomic mass is 14.1. The van der Waals surface area contributed by atoms with Gasteiger partial charge in [-0.2, -0.15) is 0 Å². The van der Waals surface area contributed by atoms with Crippen LogP contribution in [0, 0.1) is 25.7 Å². The first-order valence-electron chi connectivity index (χ1n) is 6.90. The van der Waals surface area contributed by atoms with Gasteiger partial charge in [0.05, 0.1) is 0 Å². The Morgan fingerprint density at radius 1 is 0.318 bits per heavy atom. The molecule has 0 radical (unpaired) electrons. The quantitative estimate of drug-likeness (QED) is 0.288. The first-order chi connectivity index (χ1) is 10.9. The molecule has 0 saturated carbocycles. The van der Waals surface area contributed by atoms with Crippen molar-refractivity contribution in [2.75, 3.05) is 0 Å². The van der Waals surface area contributed by atoms with Gasteiger partial charge in [0.2, 0.25) is 0 Å². The number of terminal acetylenes is 2. The molecule has 0 fully saturated rings. The van der Waals surface area contributed by atoms with Crippen LogP contribution in [0.3, 0.4) is 0 Å². The second-order valence-electron chi connectivity index (χ2n) is 4.64. The van der Waals surface area contributed by atoms with E-state index in [1.807, 2.05) is 0 Å². The van der Waals surface area contributed by atoms with E-state index in [9.17, 15) is 0 Å². The molecule has 0 bridgehead atoms. The highest BCUT2D eigenvalue weighted by Crippen LogP contribution is 2.34. The lowest BCUT2D eigenvalue weighted by Crippen LogP contribution is -1.81. The average Bonchev–Trinajstić information content (AvgIpc) is 2.65. The molecule has 0 spiro atoms. The lowest BCUT2D eigenvalue weighted by Gasteiger charge is -2.09. The summed E-state index contributed by atoms with van der Waals surface area (Å²) >= 11 is 0. The monoisotopic (exact) mass is 280 g/mol.